The molecular formula is C37H42O9. The fraction of sp³-hybridized carbons (Fsp3) is 0.459. The molecule has 1 unspecified atom stereocenters. The molecule has 2 aromatic carbocycles. The molecule has 0 bridgehead atoms. The Bertz CT molecular complexity index is 1760. The van der Waals surface area contributed by atoms with Gasteiger partial charge in [-0.05, 0) is 61.8 Å². The van der Waals surface area contributed by atoms with Crippen LogP contribution in [-0.4, -0.2) is 49.3 Å². The third kappa shape index (κ3) is 4.62. The van der Waals surface area contributed by atoms with Gasteiger partial charge < -0.3 is 25.2 Å². The van der Waals surface area contributed by atoms with Crippen LogP contribution in [0.4, 0.5) is 0 Å². The molecule has 0 aromatic heterocycles. The second-order valence-electron chi connectivity index (χ2n) is 14.4. The zero-order chi connectivity index (χ0) is 34.3. The quantitative estimate of drug-likeness (QED) is 0.177. The van der Waals surface area contributed by atoms with Gasteiger partial charge in [0.25, 0.3) is 0 Å². The van der Waals surface area contributed by atoms with Gasteiger partial charge in [0.2, 0.25) is 5.78 Å². The van der Waals surface area contributed by atoms with Gasteiger partial charge in [0.1, 0.15) is 28.6 Å². The third-order valence-electron chi connectivity index (χ3n) is 10.3. The standard InChI is InChI=1S/C37H42O9/c1-17(2)23-13-21(14-25(39)46-22-11-9-19(5)10-12-22)30(40)27-24(23)15-35(7)16-36(8)28(18(3)4)31(41)26(20(6)38)33(43)37(36,45)34(44)29(35)32(27)42/h9-13,17-18,28,40,42-43,45H,14-16H2,1-8H3/t28?,35-,36-,37+/m1/s1. The van der Waals surface area contributed by atoms with Gasteiger partial charge in [0.15, 0.2) is 17.2 Å². The Hall–Kier alpha value is -4.24. The summed E-state index contributed by atoms with van der Waals surface area (Å²) >= 11 is 0. The molecule has 1 saturated carbocycles. The lowest BCUT2D eigenvalue weighted by molar-refractivity contribution is -0.178. The van der Waals surface area contributed by atoms with Gasteiger partial charge >= 0.3 is 5.97 Å². The fourth-order valence-corrected chi connectivity index (χ4v) is 8.45. The number of rotatable bonds is 6. The smallest absolute Gasteiger partial charge is 0.315 e. The molecule has 3 aliphatic carbocycles. The molecule has 0 spiro atoms. The predicted molar refractivity (Wildman–Crippen MR) is 170 cm³/mol. The molecule has 4 N–H and O–H groups in total. The molecule has 46 heavy (non-hydrogen) atoms. The van der Waals surface area contributed by atoms with Crippen LogP contribution in [0.5, 0.6) is 11.5 Å². The van der Waals surface area contributed by atoms with Crippen LogP contribution in [-0.2, 0) is 32.0 Å². The summed E-state index contributed by atoms with van der Waals surface area (Å²) in [7, 11) is 0. The summed E-state index contributed by atoms with van der Waals surface area (Å²) in [6, 6.07) is 8.64. The number of aliphatic hydroxyl groups excluding tert-OH is 2. The van der Waals surface area contributed by atoms with Crippen molar-refractivity contribution in [2.24, 2.45) is 22.7 Å². The zero-order valence-corrected chi connectivity index (χ0v) is 27.6. The molecule has 1 fully saturated rings. The molecule has 2 aromatic rings. The maximum atomic E-state index is 14.6. The number of allylic oxidation sites excluding steroid dienone is 1. The number of hydrogen-bond acceptors (Lipinski definition) is 9. The first-order valence-corrected chi connectivity index (χ1v) is 15.6. The Labute approximate surface area is 268 Å². The average Bonchev–Trinajstić information content (AvgIpc) is 2.92. The Morgan fingerprint density at radius 3 is 2.17 bits per heavy atom. The van der Waals surface area contributed by atoms with Crippen LogP contribution in [0.15, 0.2) is 47.2 Å². The van der Waals surface area contributed by atoms with Crippen molar-refractivity contribution < 1.29 is 44.3 Å². The first kappa shape index (κ1) is 33.1. The van der Waals surface area contributed by atoms with E-state index in [1.807, 2.05) is 20.8 Å². The largest absolute Gasteiger partial charge is 0.508 e. The highest BCUT2D eigenvalue weighted by Crippen LogP contribution is 2.65. The summed E-state index contributed by atoms with van der Waals surface area (Å²) in [5, 5.41) is 47.1. The van der Waals surface area contributed by atoms with E-state index in [2.05, 4.69) is 0 Å². The first-order valence-electron chi connectivity index (χ1n) is 15.6. The van der Waals surface area contributed by atoms with E-state index in [0.29, 0.717) is 11.3 Å². The average molecular weight is 631 g/mol. The minimum atomic E-state index is -2.69. The van der Waals surface area contributed by atoms with Crippen LogP contribution in [0.2, 0.25) is 0 Å². The normalized spacial score (nSPS) is 27.5. The molecule has 3 aliphatic rings. The summed E-state index contributed by atoms with van der Waals surface area (Å²) in [6.07, 6.45) is -0.155. The molecule has 244 valence electrons. The van der Waals surface area contributed by atoms with Gasteiger partial charge in [-0.1, -0.05) is 65.3 Å². The molecule has 9 nitrogen and oxygen atoms in total. The van der Waals surface area contributed by atoms with Crippen molar-refractivity contribution in [3.05, 3.63) is 75.1 Å². The number of Topliss-reactive ketones (excluding diaryl/α,β-unsaturated/α-hetero) is 3. The highest BCUT2D eigenvalue weighted by molar-refractivity contribution is 6.24. The number of carbonyl (C=O) groups excluding carboxylic acids is 4. The number of aromatic hydroxyl groups is 1. The second kappa shape index (κ2) is 10.9. The number of aliphatic hydroxyl groups is 3. The second-order valence-corrected chi connectivity index (χ2v) is 14.4. The third-order valence-corrected chi connectivity index (χ3v) is 10.3. The minimum Gasteiger partial charge on any atom is -0.508 e. The van der Waals surface area contributed by atoms with E-state index in [-0.39, 0.29) is 41.9 Å². The van der Waals surface area contributed by atoms with Gasteiger partial charge in [0.05, 0.1) is 12.0 Å². The number of phenols is 1. The van der Waals surface area contributed by atoms with E-state index in [1.54, 1.807) is 58.0 Å². The Morgan fingerprint density at radius 1 is 1.02 bits per heavy atom. The highest BCUT2D eigenvalue weighted by Gasteiger charge is 2.72. The maximum Gasteiger partial charge on any atom is 0.315 e. The Kier molecular flexibility index (Phi) is 7.88. The Morgan fingerprint density at radius 2 is 1.63 bits per heavy atom. The van der Waals surface area contributed by atoms with Crippen LogP contribution in [0.25, 0.3) is 5.76 Å². The number of hydrogen-bond donors (Lipinski definition) is 4. The van der Waals surface area contributed by atoms with E-state index in [4.69, 9.17) is 4.74 Å². The minimum absolute atomic E-state index is 0.00777. The summed E-state index contributed by atoms with van der Waals surface area (Å²) in [5.41, 5.74) is -3.70. The summed E-state index contributed by atoms with van der Waals surface area (Å²) in [5.74, 6) is -6.24. The van der Waals surface area contributed by atoms with E-state index >= 15 is 0 Å². The number of carbonyl (C=O) groups is 4. The number of esters is 1. The summed E-state index contributed by atoms with van der Waals surface area (Å²) in [6.45, 7) is 13.7. The summed E-state index contributed by atoms with van der Waals surface area (Å²) < 4.78 is 5.48. The van der Waals surface area contributed by atoms with Crippen molar-refractivity contribution in [1.29, 1.82) is 0 Å². The molecule has 9 heteroatoms. The number of benzene rings is 2. The number of ether oxygens (including phenoxy) is 1. The van der Waals surface area contributed by atoms with Crippen LogP contribution in [0, 0.1) is 29.6 Å². The molecule has 0 heterocycles. The van der Waals surface area contributed by atoms with Crippen molar-refractivity contribution in [2.75, 3.05) is 0 Å². The monoisotopic (exact) mass is 630 g/mol. The number of aryl methyl sites for hydroxylation is 1. The predicted octanol–water partition coefficient (Wildman–Crippen LogP) is 5.77. The van der Waals surface area contributed by atoms with E-state index in [1.165, 1.54) is 0 Å². The lowest BCUT2D eigenvalue weighted by Crippen LogP contribution is -2.69. The van der Waals surface area contributed by atoms with Gasteiger partial charge in [-0.2, -0.15) is 0 Å². The molecule has 0 saturated heterocycles. The Balaban J connectivity index is 1.70. The topological polar surface area (TPSA) is 158 Å². The maximum absolute atomic E-state index is 14.6. The van der Waals surface area contributed by atoms with Crippen LogP contribution < -0.4 is 4.74 Å². The van der Waals surface area contributed by atoms with Crippen LogP contribution in [0.3, 0.4) is 0 Å². The number of phenolic OH excluding ortho intramolecular Hbond substituents is 1. The zero-order valence-electron chi connectivity index (χ0n) is 27.6. The molecule has 0 aliphatic heterocycles. The van der Waals surface area contributed by atoms with Gasteiger partial charge in [0, 0.05) is 27.9 Å². The van der Waals surface area contributed by atoms with Crippen molar-refractivity contribution in [2.45, 2.75) is 86.2 Å². The molecular weight excluding hydrogens is 588 g/mol. The molecule has 0 amide bonds. The van der Waals surface area contributed by atoms with Crippen LogP contribution >= 0.6 is 0 Å². The van der Waals surface area contributed by atoms with Crippen molar-refractivity contribution >= 4 is 29.1 Å². The van der Waals surface area contributed by atoms with Gasteiger partial charge in [-0.25, -0.2) is 0 Å². The van der Waals surface area contributed by atoms with E-state index < -0.39 is 74.4 Å². The molecule has 4 atom stereocenters. The van der Waals surface area contributed by atoms with Crippen molar-refractivity contribution in [3.8, 4) is 11.5 Å². The first-order chi connectivity index (χ1) is 21.3. The lowest BCUT2D eigenvalue weighted by Gasteiger charge is -2.59. The van der Waals surface area contributed by atoms with Crippen LogP contribution in [0.1, 0.15) is 88.6 Å². The number of ketones is 3. The van der Waals surface area contributed by atoms with Gasteiger partial charge in [-0.15, -0.1) is 0 Å². The summed E-state index contributed by atoms with van der Waals surface area (Å²) in [4.78, 5) is 53.8. The highest BCUT2D eigenvalue weighted by atomic mass is 16.5. The van der Waals surface area contributed by atoms with Gasteiger partial charge in [-0.3, -0.25) is 19.2 Å². The SMILES string of the molecule is CC(=O)C1=C(O)[C@]2(O)C(=O)C3=C(O)c4c(O)c(CC(=O)Oc5ccc(C)cc5)cc(C(C)C)c4C[C@]3(C)C[C@]2(C)C(C(C)C)C1=O. The van der Waals surface area contributed by atoms with E-state index in [0.717, 1.165) is 18.1 Å². The fourth-order valence-electron chi connectivity index (χ4n) is 8.45. The van der Waals surface area contributed by atoms with Crippen molar-refractivity contribution in [3.63, 3.8) is 0 Å². The van der Waals surface area contributed by atoms with Crippen molar-refractivity contribution in [1.82, 2.24) is 0 Å². The molecule has 5 rings (SSSR count). The van der Waals surface area contributed by atoms with E-state index in [9.17, 15) is 39.6 Å². The number of fused-ring (bicyclic) bond motifs is 3. The molecule has 0 radical (unpaired) electrons. The lowest BCUT2D eigenvalue weighted by atomic mass is 9.43.